The van der Waals surface area contributed by atoms with E-state index in [2.05, 4.69) is 41.6 Å². The van der Waals surface area contributed by atoms with Crippen LogP contribution in [0.3, 0.4) is 0 Å². The third-order valence-corrected chi connectivity index (χ3v) is 4.90. The highest BCUT2D eigenvalue weighted by molar-refractivity contribution is 5.87. The van der Waals surface area contributed by atoms with Crippen LogP contribution in [0.15, 0.2) is 18.2 Å². The molecule has 1 aromatic carbocycles. The van der Waals surface area contributed by atoms with Gasteiger partial charge in [0.15, 0.2) is 0 Å². The number of rotatable bonds is 0. The van der Waals surface area contributed by atoms with Crippen LogP contribution < -0.4 is 5.84 Å². The SMILES string of the molecule is Cc1ccc2c(c1)c1c3n2CC(C)N(N)C3CCC1. The van der Waals surface area contributed by atoms with E-state index in [1.165, 1.54) is 41.4 Å². The van der Waals surface area contributed by atoms with E-state index in [0.29, 0.717) is 12.1 Å². The molecule has 4 rings (SSSR count). The molecule has 2 unspecified atom stereocenters. The van der Waals surface area contributed by atoms with Crippen molar-refractivity contribution >= 4 is 10.9 Å². The van der Waals surface area contributed by atoms with Crippen LogP contribution in [0.25, 0.3) is 10.9 Å². The van der Waals surface area contributed by atoms with Crippen LogP contribution in [0.4, 0.5) is 0 Å². The fourth-order valence-corrected chi connectivity index (χ4v) is 3.96. The third-order valence-electron chi connectivity index (χ3n) is 4.90. The van der Waals surface area contributed by atoms with Crippen LogP contribution in [-0.2, 0) is 13.0 Å². The van der Waals surface area contributed by atoms with E-state index in [1.807, 2.05) is 0 Å². The molecule has 100 valence electrons. The summed E-state index contributed by atoms with van der Waals surface area (Å²) in [7, 11) is 0. The van der Waals surface area contributed by atoms with Crippen LogP contribution in [0.5, 0.6) is 0 Å². The molecule has 0 amide bonds. The van der Waals surface area contributed by atoms with Gasteiger partial charge in [-0.3, -0.25) is 5.84 Å². The van der Waals surface area contributed by atoms with E-state index < -0.39 is 0 Å². The van der Waals surface area contributed by atoms with E-state index in [4.69, 9.17) is 5.84 Å². The van der Waals surface area contributed by atoms with Crippen LogP contribution in [-0.4, -0.2) is 15.6 Å². The number of benzene rings is 1. The summed E-state index contributed by atoms with van der Waals surface area (Å²) in [6.45, 7) is 5.43. The largest absolute Gasteiger partial charge is 0.341 e. The fraction of sp³-hybridized carbons (Fsp3) is 0.500. The Morgan fingerprint density at radius 3 is 3.00 bits per heavy atom. The molecule has 0 radical (unpaired) electrons. The Bertz CT molecular complexity index is 656. The predicted octanol–water partition coefficient (Wildman–Crippen LogP) is 2.90. The summed E-state index contributed by atoms with van der Waals surface area (Å²) in [6.07, 6.45) is 3.66. The maximum atomic E-state index is 6.32. The first kappa shape index (κ1) is 11.5. The highest BCUT2D eigenvalue weighted by atomic mass is 15.5. The molecule has 0 saturated carbocycles. The van der Waals surface area contributed by atoms with E-state index in [0.717, 1.165) is 6.54 Å². The van der Waals surface area contributed by atoms with Gasteiger partial charge in [-0.25, -0.2) is 5.01 Å². The lowest BCUT2D eigenvalue weighted by Gasteiger charge is -2.41. The number of hydrogen-bond donors (Lipinski definition) is 1. The zero-order chi connectivity index (χ0) is 13.1. The van der Waals surface area contributed by atoms with Crippen molar-refractivity contribution in [1.29, 1.82) is 0 Å². The average molecular weight is 255 g/mol. The Balaban J connectivity index is 2.06. The number of fused-ring (bicyclic) bond motifs is 3. The standard InChI is InChI=1S/C16H21N3/c1-10-6-7-14-13(8-10)12-4-3-5-15-16(12)18(14)9-11(2)19(15)17/h6-8,11,15H,3-5,9,17H2,1-2H3. The van der Waals surface area contributed by atoms with Crippen LogP contribution in [0, 0.1) is 6.92 Å². The molecule has 2 aliphatic rings. The third kappa shape index (κ3) is 1.46. The predicted molar refractivity (Wildman–Crippen MR) is 77.8 cm³/mol. The van der Waals surface area contributed by atoms with E-state index in [-0.39, 0.29) is 0 Å². The second-order valence-electron chi connectivity index (χ2n) is 6.20. The van der Waals surface area contributed by atoms with Crippen LogP contribution in [0.2, 0.25) is 0 Å². The van der Waals surface area contributed by atoms with Crippen molar-refractivity contribution in [3.05, 3.63) is 35.0 Å². The maximum Gasteiger partial charge on any atom is 0.0649 e. The number of aryl methyl sites for hydroxylation is 2. The topological polar surface area (TPSA) is 34.2 Å². The lowest BCUT2D eigenvalue weighted by atomic mass is 9.89. The highest BCUT2D eigenvalue weighted by Gasteiger charge is 2.36. The van der Waals surface area contributed by atoms with Crippen molar-refractivity contribution in [3.8, 4) is 0 Å². The van der Waals surface area contributed by atoms with E-state index in [9.17, 15) is 0 Å². The fourth-order valence-electron chi connectivity index (χ4n) is 3.96. The zero-order valence-electron chi connectivity index (χ0n) is 11.7. The van der Waals surface area contributed by atoms with Gasteiger partial charge in [0.05, 0.1) is 6.04 Å². The van der Waals surface area contributed by atoms with Crippen molar-refractivity contribution < 1.29 is 0 Å². The summed E-state index contributed by atoms with van der Waals surface area (Å²) < 4.78 is 2.53. The zero-order valence-corrected chi connectivity index (χ0v) is 11.7. The van der Waals surface area contributed by atoms with Crippen molar-refractivity contribution in [2.24, 2.45) is 5.84 Å². The highest BCUT2D eigenvalue weighted by Crippen LogP contribution is 2.42. The van der Waals surface area contributed by atoms with Gasteiger partial charge >= 0.3 is 0 Å². The lowest BCUT2D eigenvalue weighted by molar-refractivity contribution is 0.0885. The number of aromatic nitrogens is 1. The minimum absolute atomic E-state index is 0.417. The molecule has 2 N–H and O–H groups in total. The lowest BCUT2D eigenvalue weighted by Crippen LogP contribution is -2.49. The molecule has 3 nitrogen and oxygen atoms in total. The molecular formula is C16H21N3. The number of nitrogens with zero attached hydrogens (tertiary/aromatic N) is 2. The summed E-state index contributed by atoms with van der Waals surface area (Å²) in [5.74, 6) is 6.32. The Morgan fingerprint density at radius 1 is 1.32 bits per heavy atom. The smallest absolute Gasteiger partial charge is 0.0649 e. The van der Waals surface area contributed by atoms with E-state index >= 15 is 0 Å². The summed E-state index contributed by atoms with van der Waals surface area (Å²) in [6, 6.07) is 7.70. The molecule has 0 fully saturated rings. The van der Waals surface area contributed by atoms with Crippen molar-refractivity contribution in [2.45, 2.75) is 51.7 Å². The van der Waals surface area contributed by atoms with Crippen LogP contribution >= 0.6 is 0 Å². The van der Waals surface area contributed by atoms with Gasteiger partial charge in [-0.05, 0) is 50.8 Å². The summed E-state index contributed by atoms with van der Waals surface area (Å²) in [5, 5.41) is 3.55. The molecule has 1 aliphatic carbocycles. The van der Waals surface area contributed by atoms with Gasteiger partial charge in [0.1, 0.15) is 0 Å². The molecule has 0 spiro atoms. The van der Waals surface area contributed by atoms with Crippen molar-refractivity contribution in [1.82, 2.24) is 9.58 Å². The Labute approximate surface area is 114 Å². The quantitative estimate of drug-likeness (QED) is 0.734. The van der Waals surface area contributed by atoms with Gasteiger partial charge < -0.3 is 4.57 Å². The molecule has 1 aromatic heterocycles. The van der Waals surface area contributed by atoms with Gasteiger partial charge in [0, 0.05) is 29.2 Å². The van der Waals surface area contributed by atoms with Crippen molar-refractivity contribution in [2.75, 3.05) is 0 Å². The molecule has 2 atom stereocenters. The molecule has 2 aromatic rings. The summed E-state index contributed by atoms with van der Waals surface area (Å²) >= 11 is 0. The molecule has 2 heterocycles. The average Bonchev–Trinajstić information content (AvgIpc) is 2.71. The normalized spacial score (nSPS) is 26.7. The van der Waals surface area contributed by atoms with Gasteiger partial charge in [0.25, 0.3) is 0 Å². The Morgan fingerprint density at radius 2 is 2.16 bits per heavy atom. The maximum absolute atomic E-state index is 6.32. The summed E-state index contributed by atoms with van der Waals surface area (Å²) in [4.78, 5) is 0. The molecule has 19 heavy (non-hydrogen) atoms. The Hall–Kier alpha value is -1.32. The second-order valence-corrected chi connectivity index (χ2v) is 6.20. The number of nitrogens with two attached hydrogens (primary N) is 1. The first-order chi connectivity index (χ1) is 9.16. The Kier molecular flexibility index (Phi) is 2.32. The minimum atomic E-state index is 0.417. The first-order valence-corrected chi connectivity index (χ1v) is 7.31. The van der Waals surface area contributed by atoms with Gasteiger partial charge in [-0.2, -0.15) is 0 Å². The van der Waals surface area contributed by atoms with Gasteiger partial charge in [-0.1, -0.05) is 11.6 Å². The molecule has 0 saturated heterocycles. The molecular weight excluding hydrogens is 234 g/mol. The molecule has 3 heteroatoms. The van der Waals surface area contributed by atoms with Crippen molar-refractivity contribution in [3.63, 3.8) is 0 Å². The number of hydrazine groups is 1. The minimum Gasteiger partial charge on any atom is -0.341 e. The second kappa shape index (κ2) is 3.84. The molecule has 0 bridgehead atoms. The van der Waals surface area contributed by atoms with Gasteiger partial charge in [-0.15, -0.1) is 0 Å². The molecule has 1 aliphatic heterocycles. The van der Waals surface area contributed by atoms with Crippen LogP contribution in [0.1, 0.15) is 42.6 Å². The summed E-state index contributed by atoms with van der Waals surface area (Å²) in [5.41, 5.74) is 5.80. The first-order valence-electron chi connectivity index (χ1n) is 7.31. The monoisotopic (exact) mass is 255 g/mol. The van der Waals surface area contributed by atoms with E-state index in [1.54, 1.807) is 5.56 Å². The van der Waals surface area contributed by atoms with Gasteiger partial charge in [0.2, 0.25) is 0 Å². The number of hydrogen-bond acceptors (Lipinski definition) is 2.